The number of hydrogen-bond acceptors (Lipinski definition) is 3. The Morgan fingerprint density at radius 2 is 2.00 bits per heavy atom. The van der Waals surface area contributed by atoms with Gasteiger partial charge in [0.15, 0.2) is 0 Å². The fourth-order valence-corrected chi connectivity index (χ4v) is 3.12. The number of nitrogens with one attached hydrogen (secondary N) is 1. The molecule has 5 heteroatoms. The molecule has 0 saturated heterocycles. The largest absolute Gasteiger partial charge is 0.398 e. The molecule has 0 bridgehead atoms. The minimum absolute atomic E-state index is 0.0367. The zero-order chi connectivity index (χ0) is 15.4. The van der Waals surface area contributed by atoms with Crippen molar-refractivity contribution in [2.75, 3.05) is 16.8 Å². The molecule has 0 atom stereocenters. The molecule has 2 aromatic carbocycles. The lowest BCUT2D eigenvalue weighted by Gasteiger charge is -2.09. The Bertz CT molecular complexity index is 673. The lowest BCUT2D eigenvalue weighted by molar-refractivity contribution is -0.113. The fraction of sp³-hybridized carbons (Fsp3) is 0.188. The van der Waals surface area contributed by atoms with Crippen LogP contribution in [0, 0.1) is 13.8 Å². The van der Waals surface area contributed by atoms with Crippen molar-refractivity contribution in [1.82, 2.24) is 0 Å². The maximum absolute atomic E-state index is 12.0. The van der Waals surface area contributed by atoms with Crippen LogP contribution in [0.25, 0.3) is 0 Å². The fourth-order valence-electron chi connectivity index (χ4n) is 1.90. The zero-order valence-corrected chi connectivity index (χ0v) is 14.3. The first-order valence-corrected chi connectivity index (χ1v) is 8.28. The number of anilines is 2. The normalized spacial score (nSPS) is 10.4. The van der Waals surface area contributed by atoms with Crippen molar-refractivity contribution < 1.29 is 4.79 Å². The van der Waals surface area contributed by atoms with E-state index in [2.05, 4.69) is 21.2 Å². The summed E-state index contributed by atoms with van der Waals surface area (Å²) in [6.45, 7) is 3.96. The molecule has 1 amide bonds. The van der Waals surface area contributed by atoms with Crippen LogP contribution < -0.4 is 11.1 Å². The number of amides is 1. The van der Waals surface area contributed by atoms with Crippen LogP contribution in [0.1, 0.15) is 11.1 Å². The van der Waals surface area contributed by atoms with Gasteiger partial charge in [0.1, 0.15) is 0 Å². The molecule has 0 spiro atoms. The summed E-state index contributed by atoms with van der Waals surface area (Å²) in [6, 6.07) is 11.6. The van der Waals surface area contributed by atoms with Crippen molar-refractivity contribution >= 4 is 45.0 Å². The number of thioether (sulfide) groups is 1. The van der Waals surface area contributed by atoms with Crippen LogP contribution in [0.15, 0.2) is 45.8 Å². The summed E-state index contributed by atoms with van der Waals surface area (Å²) in [5.74, 6) is 0.299. The second-order valence-electron chi connectivity index (χ2n) is 4.84. The summed E-state index contributed by atoms with van der Waals surface area (Å²) in [7, 11) is 0. The van der Waals surface area contributed by atoms with Crippen LogP contribution >= 0.6 is 27.7 Å². The smallest absolute Gasteiger partial charge is 0.234 e. The van der Waals surface area contributed by atoms with Gasteiger partial charge in [-0.3, -0.25) is 4.79 Å². The van der Waals surface area contributed by atoms with E-state index in [1.54, 1.807) is 0 Å². The molecule has 0 aliphatic heterocycles. The second-order valence-corrected chi connectivity index (χ2v) is 6.77. The monoisotopic (exact) mass is 364 g/mol. The van der Waals surface area contributed by atoms with E-state index >= 15 is 0 Å². The van der Waals surface area contributed by atoms with Gasteiger partial charge < -0.3 is 11.1 Å². The van der Waals surface area contributed by atoms with E-state index in [1.807, 2.05) is 50.2 Å². The van der Waals surface area contributed by atoms with Gasteiger partial charge in [-0.15, -0.1) is 11.8 Å². The van der Waals surface area contributed by atoms with Gasteiger partial charge in [-0.05, 0) is 55.3 Å². The molecule has 0 aliphatic carbocycles. The summed E-state index contributed by atoms with van der Waals surface area (Å²) in [5.41, 5.74) is 9.64. The standard InChI is InChI=1S/C16H17BrN2OS/c1-10-3-6-15(13(18)7-10)21-9-16(20)19-14-5-4-12(17)8-11(14)2/h3-8H,9,18H2,1-2H3,(H,19,20). The van der Waals surface area contributed by atoms with Crippen molar-refractivity contribution in [3.63, 3.8) is 0 Å². The molecule has 0 unspecified atom stereocenters. The molecule has 0 saturated carbocycles. The highest BCUT2D eigenvalue weighted by molar-refractivity contribution is 9.10. The van der Waals surface area contributed by atoms with Crippen molar-refractivity contribution in [2.24, 2.45) is 0 Å². The Labute approximate surface area is 137 Å². The first-order valence-electron chi connectivity index (χ1n) is 6.50. The first-order chi connectivity index (χ1) is 9.95. The second kappa shape index (κ2) is 7.00. The third-order valence-corrected chi connectivity index (χ3v) is 4.57. The van der Waals surface area contributed by atoms with E-state index < -0.39 is 0 Å². The molecule has 0 heterocycles. The Kier molecular flexibility index (Phi) is 5.31. The number of carbonyl (C=O) groups is 1. The van der Waals surface area contributed by atoms with E-state index in [0.717, 1.165) is 26.2 Å². The maximum Gasteiger partial charge on any atom is 0.234 e. The van der Waals surface area contributed by atoms with Crippen molar-refractivity contribution in [2.45, 2.75) is 18.7 Å². The molecule has 0 radical (unpaired) electrons. The quantitative estimate of drug-likeness (QED) is 0.625. The van der Waals surface area contributed by atoms with E-state index in [0.29, 0.717) is 11.4 Å². The van der Waals surface area contributed by atoms with Gasteiger partial charge in [0, 0.05) is 20.7 Å². The molecular weight excluding hydrogens is 348 g/mol. The highest BCUT2D eigenvalue weighted by Gasteiger charge is 2.07. The number of hydrogen-bond donors (Lipinski definition) is 2. The molecule has 3 nitrogen and oxygen atoms in total. The molecule has 0 fully saturated rings. The van der Waals surface area contributed by atoms with E-state index in [1.165, 1.54) is 11.8 Å². The van der Waals surface area contributed by atoms with Gasteiger partial charge in [-0.2, -0.15) is 0 Å². The van der Waals surface area contributed by atoms with Gasteiger partial charge in [0.25, 0.3) is 0 Å². The molecule has 2 aromatic rings. The number of nitrogens with two attached hydrogens (primary N) is 1. The predicted molar refractivity (Wildman–Crippen MR) is 93.8 cm³/mol. The van der Waals surface area contributed by atoms with Crippen LogP contribution in [0.2, 0.25) is 0 Å². The Hall–Kier alpha value is -1.46. The molecule has 0 aliphatic rings. The third-order valence-electron chi connectivity index (χ3n) is 2.99. The van der Waals surface area contributed by atoms with Crippen molar-refractivity contribution in [3.05, 3.63) is 52.0 Å². The minimum atomic E-state index is -0.0367. The summed E-state index contributed by atoms with van der Waals surface area (Å²) in [4.78, 5) is 13.0. The number of halogens is 1. The molecule has 2 rings (SSSR count). The summed E-state index contributed by atoms with van der Waals surface area (Å²) in [6.07, 6.45) is 0. The number of nitrogen functional groups attached to an aromatic ring is 1. The van der Waals surface area contributed by atoms with E-state index in [-0.39, 0.29) is 5.91 Å². The zero-order valence-electron chi connectivity index (χ0n) is 11.9. The van der Waals surface area contributed by atoms with Gasteiger partial charge in [-0.25, -0.2) is 0 Å². The average molecular weight is 365 g/mol. The number of rotatable bonds is 4. The van der Waals surface area contributed by atoms with Crippen molar-refractivity contribution in [3.8, 4) is 0 Å². The van der Waals surface area contributed by atoms with Gasteiger partial charge >= 0.3 is 0 Å². The average Bonchev–Trinajstić information content (AvgIpc) is 2.41. The predicted octanol–water partition coefficient (Wildman–Crippen LogP) is 4.38. The topological polar surface area (TPSA) is 55.1 Å². The minimum Gasteiger partial charge on any atom is -0.398 e. The van der Waals surface area contributed by atoms with Crippen LogP contribution in [0.5, 0.6) is 0 Å². The molecular formula is C16H17BrN2OS. The van der Waals surface area contributed by atoms with Gasteiger partial charge in [0.2, 0.25) is 5.91 Å². The summed E-state index contributed by atoms with van der Waals surface area (Å²) < 4.78 is 1.000. The third kappa shape index (κ3) is 4.51. The lowest BCUT2D eigenvalue weighted by Crippen LogP contribution is -2.14. The number of benzene rings is 2. The number of carbonyl (C=O) groups excluding carboxylic acids is 1. The van der Waals surface area contributed by atoms with Crippen molar-refractivity contribution in [1.29, 1.82) is 0 Å². The summed E-state index contributed by atoms with van der Waals surface area (Å²) in [5, 5.41) is 2.92. The highest BCUT2D eigenvalue weighted by atomic mass is 79.9. The highest BCUT2D eigenvalue weighted by Crippen LogP contribution is 2.26. The maximum atomic E-state index is 12.0. The van der Waals surface area contributed by atoms with Crippen LogP contribution in [0.3, 0.4) is 0 Å². The Morgan fingerprint density at radius 1 is 1.24 bits per heavy atom. The SMILES string of the molecule is Cc1ccc(SCC(=O)Nc2ccc(Br)cc2C)c(N)c1. The van der Waals surface area contributed by atoms with Crippen LogP contribution in [0.4, 0.5) is 11.4 Å². The van der Waals surface area contributed by atoms with Crippen LogP contribution in [-0.4, -0.2) is 11.7 Å². The lowest BCUT2D eigenvalue weighted by atomic mass is 10.2. The van der Waals surface area contributed by atoms with Crippen LogP contribution in [-0.2, 0) is 4.79 Å². The van der Waals surface area contributed by atoms with E-state index in [4.69, 9.17) is 5.73 Å². The molecule has 0 aromatic heterocycles. The summed E-state index contributed by atoms with van der Waals surface area (Å²) >= 11 is 4.85. The first kappa shape index (κ1) is 15.9. The molecule has 110 valence electrons. The van der Waals surface area contributed by atoms with Gasteiger partial charge in [0.05, 0.1) is 5.75 Å². The number of aryl methyl sites for hydroxylation is 2. The molecule has 21 heavy (non-hydrogen) atoms. The van der Waals surface area contributed by atoms with Gasteiger partial charge in [-0.1, -0.05) is 22.0 Å². The van der Waals surface area contributed by atoms with E-state index in [9.17, 15) is 4.79 Å². The Balaban J connectivity index is 1.96. The molecule has 3 N–H and O–H groups in total. The Morgan fingerprint density at radius 3 is 2.67 bits per heavy atom.